The SMILES string of the molecule is CCOc1cc(N(C)Cc2cc(Br)cn2C)ncn1. The first kappa shape index (κ1) is 13.9. The summed E-state index contributed by atoms with van der Waals surface area (Å²) < 4.78 is 8.55. The van der Waals surface area contributed by atoms with Crippen molar-refractivity contribution in [1.82, 2.24) is 14.5 Å². The minimum atomic E-state index is 0.602. The van der Waals surface area contributed by atoms with Gasteiger partial charge in [0.05, 0.1) is 13.2 Å². The second kappa shape index (κ2) is 6.06. The number of halogens is 1. The van der Waals surface area contributed by atoms with Crippen LogP contribution in [0.4, 0.5) is 5.82 Å². The number of rotatable bonds is 5. The maximum Gasteiger partial charge on any atom is 0.218 e. The summed E-state index contributed by atoms with van der Waals surface area (Å²) in [7, 11) is 4.03. The molecule has 0 aliphatic heterocycles. The highest BCUT2D eigenvalue weighted by atomic mass is 79.9. The van der Waals surface area contributed by atoms with Crippen LogP contribution in [0.5, 0.6) is 5.88 Å². The lowest BCUT2D eigenvalue weighted by Crippen LogP contribution is -2.19. The van der Waals surface area contributed by atoms with Crippen molar-refractivity contribution in [2.75, 3.05) is 18.6 Å². The molecule has 0 atom stereocenters. The van der Waals surface area contributed by atoms with E-state index < -0.39 is 0 Å². The highest BCUT2D eigenvalue weighted by molar-refractivity contribution is 9.10. The third-order valence-electron chi connectivity index (χ3n) is 2.78. The minimum Gasteiger partial charge on any atom is -0.478 e. The summed E-state index contributed by atoms with van der Waals surface area (Å²) >= 11 is 3.48. The molecule has 0 amide bonds. The maximum atomic E-state index is 5.38. The average molecular weight is 325 g/mol. The molecule has 2 aromatic heterocycles. The van der Waals surface area contributed by atoms with E-state index in [0.717, 1.165) is 16.8 Å². The molecular weight excluding hydrogens is 308 g/mol. The van der Waals surface area contributed by atoms with Crippen LogP contribution >= 0.6 is 15.9 Å². The van der Waals surface area contributed by atoms with Gasteiger partial charge in [0.15, 0.2) is 0 Å². The highest BCUT2D eigenvalue weighted by Crippen LogP contribution is 2.19. The van der Waals surface area contributed by atoms with E-state index in [1.165, 1.54) is 12.0 Å². The van der Waals surface area contributed by atoms with Gasteiger partial charge in [-0.05, 0) is 28.9 Å². The maximum absolute atomic E-state index is 5.38. The van der Waals surface area contributed by atoms with Gasteiger partial charge < -0.3 is 14.2 Å². The largest absolute Gasteiger partial charge is 0.478 e. The molecule has 5 nitrogen and oxygen atoms in total. The van der Waals surface area contributed by atoms with Crippen molar-refractivity contribution in [3.05, 3.63) is 34.8 Å². The summed E-state index contributed by atoms with van der Waals surface area (Å²) in [6, 6.07) is 3.95. The van der Waals surface area contributed by atoms with E-state index in [4.69, 9.17) is 4.74 Å². The number of hydrogen-bond donors (Lipinski definition) is 0. The third kappa shape index (κ3) is 3.47. The second-order valence-electron chi connectivity index (χ2n) is 4.26. The zero-order valence-corrected chi connectivity index (χ0v) is 12.9. The van der Waals surface area contributed by atoms with Gasteiger partial charge in [-0.3, -0.25) is 0 Å². The molecule has 0 fully saturated rings. The molecule has 0 spiro atoms. The van der Waals surface area contributed by atoms with Crippen molar-refractivity contribution < 1.29 is 4.74 Å². The number of aromatic nitrogens is 3. The van der Waals surface area contributed by atoms with Crippen LogP contribution < -0.4 is 9.64 Å². The van der Waals surface area contributed by atoms with E-state index in [-0.39, 0.29) is 0 Å². The van der Waals surface area contributed by atoms with Gasteiger partial charge in [-0.25, -0.2) is 9.97 Å². The Kier molecular flexibility index (Phi) is 4.42. The van der Waals surface area contributed by atoms with Gasteiger partial charge in [0, 0.05) is 36.5 Å². The van der Waals surface area contributed by atoms with Crippen LogP contribution in [0, 0.1) is 0 Å². The van der Waals surface area contributed by atoms with E-state index >= 15 is 0 Å². The van der Waals surface area contributed by atoms with Crippen molar-refractivity contribution in [2.24, 2.45) is 7.05 Å². The zero-order valence-electron chi connectivity index (χ0n) is 11.3. The topological polar surface area (TPSA) is 43.2 Å². The highest BCUT2D eigenvalue weighted by Gasteiger charge is 2.08. The zero-order chi connectivity index (χ0) is 13.8. The third-order valence-corrected chi connectivity index (χ3v) is 3.22. The molecule has 0 unspecified atom stereocenters. The Hall–Kier alpha value is -1.56. The van der Waals surface area contributed by atoms with Gasteiger partial charge in [-0.1, -0.05) is 0 Å². The molecule has 102 valence electrons. The van der Waals surface area contributed by atoms with Crippen LogP contribution in [0.2, 0.25) is 0 Å². The predicted octanol–water partition coefficient (Wildman–Crippen LogP) is 2.61. The average Bonchev–Trinajstić information content (AvgIpc) is 2.68. The Balaban J connectivity index is 2.13. The van der Waals surface area contributed by atoms with Gasteiger partial charge in [0.2, 0.25) is 5.88 Å². The van der Waals surface area contributed by atoms with Gasteiger partial charge in [-0.15, -0.1) is 0 Å². The summed E-state index contributed by atoms with van der Waals surface area (Å²) in [4.78, 5) is 10.4. The Morgan fingerprint density at radius 1 is 1.37 bits per heavy atom. The van der Waals surface area contributed by atoms with Crippen molar-refractivity contribution in [3.63, 3.8) is 0 Å². The summed E-state index contributed by atoms with van der Waals surface area (Å²) in [6.07, 6.45) is 3.56. The van der Waals surface area contributed by atoms with Crippen LogP contribution in [-0.4, -0.2) is 28.2 Å². The van der Waals surface area contributed by atoms with Gasteiger partial charge in [-0.2, -0.15) is 0 Å². The van der Waals surface area contributed by atoms with Crippen molar-refractivity contribution in [3.8, 4) is 5.88 Å². The molecule has 19 heavy (non-hydrogen) atoms. The Morgan fingerprint density at radius 2 is 2.16 bits per heavy atom. The van der Waals surface area contributed by atoms with E-state index in [1.54, 1.807) is 0 Å². The Bertz CT molecular complexity index is 555. The fraction of sp³-hybridized carbons (Fsp3) is 0.385. The lowest BCUT2D eigenvalue weighted by atomic mass is 10.4. The first-order valence-electron chi connectivity index (χ1n) is 6.07. The fourth-order valence-electron chi connectivity index (χ4n) is 1.81. The van der Waals surface area contributed by atoms with Crippen LogP contribution in [0.3, 0.4) is 0 Å². The van der Waals surface area contributed by atoms with Crippen LogP contribution in [0.25, 0.3) is 0 Å². The van der Waals surface area contributed by atoms with Crippen molar-refractivity contribution >= 4 is 21.7 Å². The molecule has 6 heteroatoms. The molecule has 0 aromatic carbocycles. The quantitative estimate of drug-likeness (QED) is 0.848. The smallest absolute Gasteiger partial charge is 0.218 e. The van der Waals surface area contributed by atoms with Gasteiger partial charge >= 0.3 is 0 Å². The number of nitrogens with zero attached hydrogens (tertiary/aromatic N) is 4. The molecule has 0 saturated carbocycles. The van der Waals surface area contributed by atoms with E-state index in [1.807, 2.05) is 33.3 Å². The molecule has 0 radical (unpaired) electrons. The molecule has 0 bridgehead atoms. The first-order valence-corrected chi connectivity index (χ1v) is 6.86. The van der Waals surface area contributed by atoms with Crippen LogP contribution in [0.1, 0.15) is 12.6 Å². The lowest BCUT2D eigenvalue weighted by Gasteiger charge is -2.18. The number of hydrogen-bond acceptors (Lipinski definition) is 4. The standard InChI is InChI=1S/C13H17BrN4O/c1-4-19-13-6-12(15-9-16-13)18(3)8-11-5-10(14)7-17(11)2/h5-7,9H,4,8H2,1-3H3. The van der Waals surface area contributed by atoms with Gasteiger partial charge in [0.25, 0.3) is 0 Å². The summed E-state index contributed by atoms with van der Waals surface area (Å²) in [6.45, 7) is 3.31. The number of ether oxygens (including phenoxy) is 1. The molecule has 2 heterocycles. The van der Waals surface area contributed by atoms with Gasteiger partial charge in [0.1, 0.15) is 12.1 Å². The Morgan fingerprint density at radius 3 is 2.79 bits per heavy atom. The van der Waals surface area contributed by atoms with E-state index in [0.29, 0.717) is 12.5 Å². The molecule has 0 N–H and O–H groups in total. The summed E-state index contributed by atoms with van der Waals surface area (Å²) in [5.74, 6) is 1.45. The van der Waals surface area contributed by atoms with Crippen LogP contribution in [0.15, 0.2) is 29.1 Å². The molecule has 0 aliphatic carbocycles. The van der Waals surface area contributed by atoms with E-state index in [9.17, 15) is 0 Å². The molecule has 0 aliphatic rings. The lowest BCUT2D eigenvalue weighted by molar-refractivity contribution is 0.326. The number of anilines is 1. The molecular formula is C13H17BrN4O. The fourth-order valence-corrected chi connectivity index (χ4v) is 2.38. The van der Waals surface area contributed by atoms with E-state index in [2.05, 4.69) is 41.4 Å². The summed E-state index contributed by atoms with van der Waals surface area (Å²) in [5.41, 5.74) is 1.20. The monoisotopic (exact) mass is 324 g/mol. The molecule has 0 saturated heterocycles. The normalized spacial score (nSPS) is 10.5. The molecule has 2 rings (SSSR count). The van der Waals surface area contributed by atoms with Crippen molar-refractivity contribution in [1.29, 1.82) is 0 Å². The van der Waals surface area contributed by atoms with Crippen molar-refractivity contribution in [2.45, 2.75) is 13.5 Å². The second-order valence-corrected chi connectivity index (χ2v) is 5.18. The number of aryl methyl sites for hydroxylation is 1. The minimum absolute atomic E-state index is 0.602. The van der Waals surface area contributed by atoms with Crippen LogP contribution in [-0.2, 0) is 13.6 Å². The summed E-state index contributed by atoms with van der Waals surface area (Å²) in [5, 5.41) is 0. The predicted molar refractivity (Wildman–Crippen MR) is 78.4 cm³/mol. The Labute approximate surface area is 121 Å². The first-order chi connectivity index (χ1) is 9.10. The molecule has 2 aromatic rings.